The van der Waals surface area contributed by atoms with Crippen molar-refractivity contribution in [2.45, 2.75) is 39.4 Å². The van der Waals surface area contributed by atoms with Crippen molar-refractivity contribution < 1.29 is 13.2 Å². The van der Waals surface area contributed by atoms with Crippen LogP contribution in [-0.2, 0) is 34.3 Å². The van der Waals surface area contributed by atoms with Crippen molar-refractivity contribution in [3.05, 3.63) is 77.5 Å². The summed E-state index contributed by atoms with van der Waals surface area (Å²) in [5.41, 5.74) is 2.82. The number of hydrogen-bond donors (Lipinski definition) is 1. The molecule has 4 rings (SSSR count). The monoisotopic (exact) mass is 439 g/mol. The molecule has 0 bridgehead atoms. The number of carbonyl (C=O) groups is 1. The van der Waals surface area contributed by atoms with Gasteiger partial charge >= 0.3 is 0 Å². The zero-order valence-corrected chi connectivity index (χ0v) is 18.3. The van der Waals surface area contributed by atoms with Crippen LogP contribution in [0.1, 0.15) is 29.4 Å². The molecule has 1 aliphatic heterocycles. The molecular weight excluding hydrogens is 414 g/mol. The number of aryl methyl sites for hydroxylation is 1. The summed E-state index contributed by atoms with van der Waals surface area (Å²) in [6, 6.07) is 10.6. The van der Waals surface area contributed by atoms with Gasteiger partial charge in [0, 0.05) is 31.7 Å². The predicted molar refractivity (Wildman–Crippen MR) is 117 cm³/mol. The number of aromatic nitrogens is 3. The third kappa shape index (κ3) is 4.38. The van der Waals surface area contributed by atoms with Crippen LogP contribution in [0.3, 0.4) is 0 Å². The van der Waals surface area contributed by atoms with Crippen molar-refractivity contribution in [2.24, 2.45) is 0 Å². The van der Waals surface area contributed by atoms with Gasteiger partial charge < -0.3 is 5.32 Å². The maximum Gasteiger partial charge on any atom is 0.239 e. The Morgan fingerprint density at radius 3 is 2.65 bits per heavy atom. The molecular formula is C22H25N5O3S. The van der Waals surface area contributed by atoms with Crippen molar-refractivity contribution in [3.8, 4) is 5.82 Å². The molecule has 3 aromatic rings. The third-order valence-electron chi connectivity index (χ3n) is 5.58. The standard InChI is InChI=1S/C22H25N5O3S/c1-3-31(29,30)27-15-19-7-5-4-6-18(19)13-20(27)22(28)25-14-17-8-9-24-21(12-17)26-11-10-23-16(26)2/h4-12,20H,3,13-15H2,1-2H3,(H,25,28). The van der Waals surface area contributed by atoms with Gasteiger partial charge in [-0.15, -0.1) is 0 Å². The minimum atomic E-state index is -3.53. The van der Waals surface area contributed by atoms with Gasteiger partial charge in [-0.1, -0.05) is 24.3 Å². The lowest BCUT2D eigenvalue weighted by atomic mass is 9.95. The van der Waals surface area contributed by atoms with E-state index in [1.807, 2.05) is 54.1 Å². The Morgan fingerprint density at radius 2 is 1.94 bits per heavy atom. The average molecular weight is 440 g/mol. The Hall–Kier alpha value is -3.04. The first kappa shape index (κ1) is 21.2. The number of carbonyl (C=O) groups excluding carboxylic acids is 1. The number of nitrogens with zero attached hydrogens (tertiary/aromatic N) is 4. The molecule has 1 N–H and O–H groups in total. The lowest BCUT2D eigenvalue weighted by molar-refractivity contribution is -0.125. The van der Waals surface area contributed by atoms with E-state index in [4.69, 9.17) is 0 Å². The van der Waals surface area contributed by atoms with Crippen LogP contribution in [0.4, 0.5) is 0 Å². The van der Waals surface area contributed by atoms with Crippen molar-refractivity contribution in [2.75, 3.05) is 5.75 Å². The van der Waals surface area contributed by atoms with Crippen LogP contribution in [0.15, 0.2) is 55.0 Å². The highest BCUT2D eigenvalue weighted by atomic mass is 32.2. The van der Waals surface area contributed by atoms with Gasteiger partial charge in [0.2, 0.25) is 15.9 Å². The molecule has 0 radical (unpaired) electrons. The fraction of sp³-hybridized carbons (Fsp3) is 0.318. The highest BCUT2D eigenvalue weighted by Gasteiger charge is 2.37. The number of imidazole rings is 1. The van der Waals surface area contributed by atoms with Crippen molar-refractivity contribution in [1.29, 1.82) is 0 Å². The van der Waals surface area contributed by atoms with E-state index in [1.54, 1.807) is 19.3 Å². The van der Waals surface area contributed by atoms with Crippen LogP contribution in [-0.4, -0.2) is 45.0 Å². The second-order valence-corrected chi connectivity index (χ2v) is 9.73. The van der Waals surface area contributed by atoms with Gasteiger partial charge in [0.25, 0.3) is 0 Å². The summed E-state index contributed by atoms with van der Waals surface area (Å²) in [5.74, 6) is 1.18. The summed E-state index contributed by atoms with van der Waals surface area (Å²) in [5, 5.41) is 2.92. The summed E-state index contributed by atoms with van der Waals surface area (Å²) in [4.78, 5) is 21.6. The minimum Gasteiger partial charge on any atom is -0.351 e. The van der Waals surface area contributed by atoms with E-state index in [0.717, 1.165) is 22.5 Å². The number of hydrogen-bond acceptors (Lipinski definition) is 5. The molecule has 1 atom stereocenters. The Kier molecular flexibility index (Phi) is 5.88. The first-order valence-electron chi connectivity index (χ1n) is 10.2. The van der Waals surface area contributed by atoms with Gasteiger partial charge in [0.1, 0.15) is 17.7 Å². The zero-order valence-electron chi connectivity index (χ0n) is 17.5. The summed E-state index contributed by atoms with van der Waals surface area (Å²) >= 11 is 0. The Balaban J connectivity index is 1.53. The molecule has 0 spiro atoms. The van der Waals surface area contributed by atoms with Crippen LogP contribution in [0.5, 0.6) is 0 Å². The number of sulfonamides is 1. The van der Waals surface area contributed by atoms with Gasteiger partial charge in [-0.25, -0.2) is 18.4 Å². The smallest absolute Gasteiger partial charge is 0.239 e. The van der Waals surface area contributed by atoms with E-state index in [0.29, 0.717) is 12.2 Å². The molecule has 1 amide bonds. The largest absolute Gasteiger partial charge is 0.351 e. The molecule has 8 nitrogen and oxygen atoms in total. The third-order valence-corrected chi connectivity index (χ3v) is 7.41. The fourth-order valence-electron chi connectivity index (χ4n) is 3.81. The highest BCUT2D eigenvalue weighted by Crippen LogP contribution is 2.26. The first-order chi connectivity index (χ1) is 14.9. The van der Waals surface area contributed by atoms with E-state index in [-0.39, 0.29) is 24.7 Å². The number of fused-ring (bicyclic) bond motifs is 1. The van der Waals surface area contributed by atoms with Crippen LogP contribution in [0.2, 0.25) is 0 Å². The molecule has 3 heterocycles. The topological polar surface area (TPSA) is 97.2 Å². The predicted octanol–water partition coefficient (Wildman–Crippen LogP) is 1.97. The van der Waals surface area contributed by atoms with E-state index < -0.39 is 16.1 Å². The molecule has 0 saturated heterocycles. The number of rotatable bonds is 6. The number of pyridine rings is 1. The summed E-state index contributed by atoms with van der Waals surface area (Å²) < 4.78 is 28.6. The Labute approximate surface area is 182 Å². The van der Waals surface area contributed by atoms with Crippen molar-refractivity contribution in [1.82, 2.24) is 24.2 Å². The van der Waals surface area contributed by atoms with Crippen LogP contribution in [0, 0.1) is 6.92 Å². The second kappa shape index (κ2) is 8.60. The van der Waals surface area contributed by atoms with Crippen molar-refractivity contribution >= 4 is 15.9 Å². The molecule has 1 aliphatic rings. The first-order valence-corrected chi connectivity index (χ1v) is 11.8. The molecule has 0 saturated carbocycles. The second-order valence-electron chi connectivity index (χ2n) is 7.52. The number of nitrogens with one attached hydrogen (secondary N) is 1. The molecule has 2 aromatic heterocycles. The highest BCUT2D eigenvalue weighted by molar-refractivity contribution is 7.89. The van der Waals surface area contributed by atoms with E-state index in [2.05, 4.69) is 15.3 Å². The molecule has 0 fully saturated rings. The summed E-state index contributed by atoms with van der Waals surface area (Å²) in [7, 11) is -3.53. The quantitative estimate of drug-likeness (QED) is 0.633. The van der Waals surface area contributed by atoms with Crippen LogP contribution in [0.25, 0.3) is 5.82 Å². The van der Waals surface area contributed by atoms with Gasteiger partial charge in [0.15, 0.2) is 0 Å². The molecule has 31 heavy (non-hydrogen) atoms. The van der Waals surface area contributed by atoms with E-state index >= 15 is 0 Å². The molecule has 9 heteroatoms. The van der Waals surface area contributed by atoms with Gasteiger partial charge in [-0.2, -0.15) is 4.31 Å². The van der Waals surface area contributed by atoms with E-state index in [9.17, 15) is 13.2 Å². The van der Waals surface area contributed by atoms with Crippen LogP contribution < -0.4 is 5.32 Å². The lowest BCUT2D eigenvalue weighted by Gasteiger charge is -2.34. The Morgan fingerprint density at radius 1 is 1.16 bits per heavy atom. The number of benzene rings is 1. The minimum absolute atomic E-state index is 0.0447. The normalized spacial score (nSPS) is 16.6. The molecule has 1 aromatic carbocycles. The molecule has 0 aliphatic carbocycles. The average Bonchev–Trinajstić information content (AvgIpc) is 3.22. The molecule has 162 valence electrons. The van der Waals surface area contributed by atoms with E-state index in [1.165, 1.54) is 4.31 Å². The van der Waals surface area contributed by atoms with Gasteiger partial charge in [-0.3, -0.25) is 9.36 Å². The lowest BCUT2D eigenvalue weighted by Crippen LogP contribution is -2.52. The summed E-state index contributed by atoms with van der Waals surface area (Å²) in [6.45, 7) is 3.98. The maximum absolute atomic E-state index is 13.1. The molecule has 1 unspecified atom stereocenters. The number of amides is 1. The SMILES string of the molecule is CCS(=O)(=O)N1Cc2ccccc2CC1C(=O)NCc1ccnc(-n2ccnc2C)c1. The summed E-state index contributed by atoms with van der Waals surface area (Å²) in [6.07, 6.45) is 5.57. The fourth-order valence-corrected chi connectivity index (χ4v) is 5.04. The van der Waals surface area contributed by atoms with Gasteiger partial charge in [-0.05, 0) is 49.1 Å². The van der Waals surface area contributed by atoms with Crippen LogP contribution >= 0.6 is 0 Å². The maximum atomic E-state index is 13.1. The van der Waals surface area contributed by atoms with Gasteiger partial charge in [0.05, 0.1) is 5.75 Å². The Bertz CT molecular complexity index is 1210. The van der Waals surface area contributed by atoms with Crippen molar-refractivity contribution in [3.63, 3.8) is 0 Å². The zero-order chi connectivity index (χ0) is 22.0.